The maximum atomic E-state index is 12.2. The molecule has 2 aromatic carbocycles. The number of amides is 1. The van der Waals surface area contributed by atoms with Crippen molar-refractivity contribution < 1.29 is 4.79 Å². The molecule has 116 valence electrons. The zero-order valence-corrected chi connectivity index (χ0v) is 13.5. The summed E-state index contributed by atoms with van der Waals surface area (Å²) in [6.07, 6.45) is 0.470. The average molecular weight is 296 g/mol. The molecule has 0 aliphatic rings. The van der Waals surface area contributed by atoms with Gasteiger partial charge in [-0.15, -0.1) is 0 Å². The van der Waals surface area contributed by atoms with Gasteiger partial charge in [0.25, 0.3) is 0 Å². The molecule has 0 aromatic heterocycles. The SMILES string of the molecule is CC(C)c1ccccc1NCCC(=O)N(C)c1ccccc1. The Hall–Kier alpha value is -2.29. The number of benzene rings is 2. The lowest BCUT2D eigenvalue weighted by atomic mass is 10.0. The molecule has 0 aliphatic heterocycles. The third-order valence-corrected chi connectivity index (χ3v) is 3.75. The molecule has 1 N–H and O–H groups in total. The Morgan fingerprint density at radius 2 is 1.68 bits per heavy atom. The molecule has 0 aliphatic carbocycles. The first-order valence-corrected chi connectivity index (χ1v) is 7.74. The first-order valence-electron chi connectivity index (χ1n) is 7.74. The minimum Gasteiger partial charge on any atom is -0.384 e. The number of carbonyl (C=O) groups excluding carboxylic acids is 1. The lowest BCUT2D eigenvalue weighted by molar-refractivity contribution is -0.118. The largest absolute Gasteiger partial charge is 0.384 e. The second-order valence-corrected chi connectivity index (χ2v) is 5.71. The molecule has 3 nitrogen and oxygen atoms in total. The monoisotopic (exact) mass is 296 g/mol. The van der Waals surface area contributed by atoms with Gasteiger partial charge in [0.2, 0.25) is 5.91 Å². The maximum Gasteiger partial charge on any atom is 0.228 e. The van der Waals surface area contributed by atoms with Gasteiger partial charge in [-0.1, -0.05) is 50.2 Å². The maximum absolute atomic E-state index is 12.2. The van der Waals surface area contributed by atoms with Gasteiger partial charge in [0.15, 0.2) is 0 Å². The fourth-order valence-corrected chi connectivity index (χ4v) is 2.43. The molecule has 2 rings (SSSR count). The van der Waals surface area contributed by atoms with Crippen LogP contribution >= 0.6 is 0 Å². The van der Waals surface area contributed by atoms with Crippen molar-refractivity contribution in [1.29, 1.82) is 0 Å². The highest BCUT2D eigenvalue weighted by Crippen LogP contribution is 2.23. The number of hydrogen-bond donors (Lipinski definition) is 1. The number of nitrogens with zero attached hydrogens (tertiary/aromatic N) is 1. The number of anilines is 2. The van der Waals surface area contributed by atoms with Crippen molar-refractivity contribution >= 4 is 17.3 Å². The Morgan fingerprint density at radius 1 is 1.05 bits per heavy atom. The Morgan fingerprint density at radius 3 is 2.36 bits per heavy atom. The quantitative estimate of drug-likeness (QED) is 0.863. The first-order chi connectivity index (χ1) is 10.6. The normalized spacial score (nSPS) is 10.5. The van der Waals surface area contributed by atoms with Crippen LogP contribution in [-0.2, 0) is 4.79 Å². The Kier molecular flexibility index (Phi) is 5.59. The second-order valence-electron chi connectivity index (χ2n) is 5.71. The average Bonchev–Trinajstić information content (AvgIpc) is 2.55. The molecule has 3 heteroatoms. The van der Waals surface area contributed by atoms with Gasteiger partial charge >= 0.3 is 0 Å². The topological polar surface area (TPSA) is 32.3 Å². The van der Waals surface area contributed by atoms with Gasteiger partial charge in [-0.3, -0.25) is 4.79 Å². The molecule has 0 saturated heterocycles. The van der Waals surface area contributed by atoms with E-state index in [4.69, 9.17) is 0 Å². The zero-order chi connectivity index (χ0) is 15.9. The van der Waals surface area contributed by atoms with E-state index in [1.54, 1.807) is 4.90 Å². The van der Waals surface area contributed by atoms with E-state index in [1.165, 1.54) is 5.56 Å². The highest BCUT2D eigenvalue weighted by Gasteiger charge is 2.11. The molecular formula is C19H24N2O. The molecule has 22 heavy (non-hydrogen) atoms. The van der Waals surface area contributed by atoms with Gasteiger partial charge in [0.1, 0.15) is 0 Å². The van der Waals surface area contributed by atoms with E-state index < -0.39 is 0 Å². The van der Waals surface area contributed by atoms with E-state index in [0.29, 0.717) is 18.9 Å². The summed E-state index contributed by atoms with van der Waals surface area (Å²) in [5, 5.41) is 3.38. The predicted molar refractivity (Wildman–Crippen MR) is 93.5 cm³/mol. The minimum absolute atomic E-state index is 0.112. The molecule has 0 fully saturated rings. The molecule has 0 radical (unpaired) electrons. The molecule has 2 aromatic rings. The van der Waals surface area contributed by atoms with Crippen molar-refractivity contribution in [3.63, 3.8) is 0 Å². The van der Waals surface area contributed by atoms with Gasteiger partial charge in [-0.25, -0.2) is 0 Å². The molecule has 0 atom stereocenters. The van der Waals surface area contributed by atoms with Crippen LogP contribution in [0.3, 0.4) is 0 Å². The van der Waals surface area contributed by atoms with Crippen molar-refractivity contribution in [2.75, 3.05) is 23.8 Å². The summed E-state index contributed by atoms with van der Waals surface area (Å²) in [6, 6.07) is 18.0. The number of hydrogen-bond acceptors (Lipinski definition) is 2. The van der Waals surface area contributed by atoms with E-state index in [1.807, 2.05) is 43.4 Å². The van der Waals surface area contributed by atoms with Crippen LogP contribution in [0.25, 0.3) is 0 Å². The lowest BCUT2D eigenvalue weighted by Gasteiger charge is -2.18. The molecule has 0 bridgehead atoms. The van der Waals surface area contributed by atoms with Crippen molar-refractivity contribution in [2.45, 2.75) is 26.2 Å². The Bertz CT molecular complexity index is 608. The Balaban J connectivity index is 1.90. The highest BCUT2D eigenvalue weighted by atomic mass is 16.2. The standard InChI is InChI=1S/C19H24N2O/c1-15(2)17-11-7-8-12-18(17)20-14-13-19(22)21(3)16-9-5-4-6-10-16/h4-12,15,20H,13-14H2,1-3H3. The predicted octanol–water partition coefficient (Wildman–Crippen LogP) is 4.28. The van der Waals surface area contributed by atoms with Crippen molar-refractivity contribution in [1.82, 2.24) is 0 Å². The summed E-state index contributed by atoms with van der Waals surface area (Å²) in [5.74, 6) is 0.576. The highest BCUT2D eigenvalue weighted by molar-refractivity contribution is 5.93. The fraction of sp³-hybridized carbons (Fsp3) is 0.316. The van der Waals surface area contributed by atoms with Crippen molar-refractivity contribution in [3.8, 4) is 0 Å². The first kappa shape index (κ1) is 16.1. The summed E-state index contributed by atoms with van der Waals surface area (Å²) < 4.78 is 0. The van der Waals surface area contributed by atoms with E-state index in [2.05, 4.69) is 37.4 Å². The zero-order valence-electron chi connectivity index (χ0n) is 13.5. The Labute approximate surface area is 133 Å². The second kappa shape index (κ2) is 7.64. The van der Waals surface area contributed by atoms with Crippen LogP contribution in [0.4, 0.5) is 11.4 Å². The summed E-state index contributed by atoms with van der Waals surface area (Å²) in [4.78, 5) is 13.9. The van der Waals surface area contributed by atoms with E-state index in [9.17, 15) is 4.79 Å². The van der Waals surface area contributed by atoms with Crippen LogP contribution in [-0.4, -0.2) is 19.5 Å². The minimum atomic E-state index is 0.112. The molecule has 0 unspecified atom stereocenters. The van der Waals surface area contributed by atoms with Crippen LogP contribution in [0.15, 0.2) is 54.6 Å². The summed E-state index contributed by atoms with van der Waals surface area (Å²) in [7, 11) is 1.82. The van der Waals surface area contributed by atoms with Crippen LogP contribution in [0.5, 0.6) is 0 Å². The number of nitrogens with one attached hydrogen (secondary N) is 1. The van der Waals surface area contributed by atoms with Gasteiger partial charge in [-0.05, 0) is 29.7 Å². The van der Waals surface area contributed by atoms with E-state index in [-0.39, 0.29) is 5.91 Å². The molecule has 0 heterocycles. The van der Waals surface area contributed by atoms with Crippen LogP contribution < -0.4 is 10.2 Å². The molecule has 1 amide bonds. The number of para-hydroxylation sites is 2. The number of rotatable bonds is 6. The van der Waals surface area contributed by atoms with Crippen molar-refractivity contribution in [2.24, 2.45) is 0 Å². The lowest BCUT2D eigenvalue weighted by Crippen LogP contribution is -2.27. The summed E-state index contributed by atoms with van der Waals surface area (Å²) in [6.45, 7) is 4.99. The molecular weight excluding hydrogens is 272 g/mol. The van der Waals surface area contributed by atoms with Gasteiger partial charge < -0.3 is 10.2 Å². The fourth-order valence-electron chi connectivity index (χ4n) is 2.43. The third-order valence-electron chi connectivity index (χ3n) is 3.75. The van der Waals surface area contributed by atoms with E-state index >= 15 is 0 Å². The van der Waals surface area contributed by atoms with Crippen LogP contribution in [0.1, 0.15) is 31.7 Å². The summed E-state index contributed by atoms with van der Waals surface area (Å²) in [5.41, 5.74) is 3.33. The molecule has 0 spiro atoms. The summed E-state index contributed by atoms with van der Waals surface area (Å²) >= 11 is 0. The smallest absolute Gasteiger partial charge is 0.228 e. The van der Waals surface area contributed by atoms with Crippen LogP contribution in [0, 0.1) is 0 Å². The van der Waals surface area contributed by atoms with E-state index in [0.717, 1.165) is 11.4 Å². The number of carbonyl (C=O) groups is 1. The van der Waals surface area contributed by atoms with Gasteiger partial charge in [0, 0.05) is 31.4 Å². The van der Waals surface area contributed by atoms with Crippen molar-refractivity contribution in [3.05, 3.63) is 60.2 Å². The molecule has 0 saturated carbocycles. The third kappa shape index (κ3) is 4.10. The van der Waals surface area contributed by atoms with Gasteiger partial charge in [-0.2, -0.15) is 0 Å². The van der Waals surface area contributed by atoms with Gasteiger partial charge in [0.05, 0.1) is 0 Å². The van der Waals surface area contributed by atoms with Crippen LogP contribution in [0.2, 0.25) is 0 Å².